The Balaban J connectivity index is 1.13. The van der Waals surface area contributed by atoms with E-state index >= 15 is 0 Å². The van der Waals surface area contributed by atoms with Crippen LogP contribution in [0.4, 0.5) is 10.1 Å². The fraction of sp³-hybridized carbons (Fsp3) is 0.323. The average Bonchev–Trinajstić information content (AvgIpc) is 3.30. The number of nitrogens with zero attached hydrogens (tertiary/aromatic N) is 3. The van der Waals surface area contributed by atoms with E-state index in [1.54, 1.807) is 12.1 Å². The first-order valence-electron chi connectivity index (χ1n) is 13.2. The molecule has 1 N–H and O–H groups in total. The van der Waals surface area contributed by atoms with Crippen LogP contribution in [0.3, 0.4) is 0 Å². The smallest absolute Gasteiger partial charge is 0.137 e. The third kappa shape index (κ3) is 5.99. The molecule has 1 aliphatic rings. The lowest BCUT2D eigenvalue weighted by Crippen LogP contribution is -2.33. The summed E-state index contributed by atoms with van der Waals surface area (Å²) in [7, 11) is 0. The number of pyridine rings is 1. The van der Waals surface area contributed by atoms with Gasteiger partial charge in [0.2, 0.25) is 0 Å². The van der Waals surface area contributed by atoms with Crippen molar-refractivity contribution in [3.8, 4) is 0 Å². The molecule has 0 unspecified atom stereocenters. The van der Waals surface area contributed by atoms with Crippen molar-refractivity contribution in [2.45, 2.75) is 45.6 Å². The minimum atomic E-state index is -0.160. The van der Waals surface area contributed by atoms with E-state index in [1.807, 2.05) is 34.9 Å². The molecule has 0 spiro atoms. The minimum absolute atomic E-state index is 0.160. The zero-order valence-corrected chi connectivity index (χ0v) is 22.1. The van der Waals surface area contributed by atoms with Gasteiger partial charge in [-0.15, -0.1) is 0 Å². The van der Waals surface area contributed by atoms with Gasteiger partial charge in [-0.25, -0.2) is 9.37 Å². The van der Waals surface area contributed by atoms with E-state index in [-0.39, 0.29) is 5.82 Å². The van der Waals surface area contributed by atoms with E-state index in [1.165, 1.54) is 36.1 Å². The molecule has 2 aromatic heterocycles. The topological polar surface area (TPSA) is 32.6 Å². The molecule has 192 valence electrons. The van der Waals surface area contributed by atoms with E-state index in [2.05, 4.69) is 48.0 Å². The number of fused-ring (bicyclic) bond motifs is 1. The summed E-state index contributed by atoms with van der Waals surface area (Å²) in [4.78, 5) is 7.22. The molecule has 1 saturated heterocycles. The highest BCUT2D eigenvalue weighted by atomic mass is 35.5. The Labute approximate surface area is 223 Å². The second kappa shape index (κ2) is 11.4. The zero-order valence-electron chi connectivity index (χ0n) is 21.4. The molecule has 5 rings (SSSR count). The predicted octanol–water partition coefficient (Wildman–Crippen LogP) is 7.30. The lowest BCUT2D eigenvalue weighted by atomic mass is 9.90. The maximum absolute atomic E-state index is 13.1. The molecule has 0 saturated carbocycles. The number of anilines is 1. The molecule has 6 heteroatoms. The zero-order chi connectivity index (χ0) is 25.8. The number of hydrogen-bond donors (Lipinski definition) is 1. The second-order valence-electron chi connectivity index (χ2n) is 9.93. The highest BCUT2D eigenvalue weighted by molar-refractivity contribution is 6.30. The Morgan fingerprint density at radius 3 is 2.43 bits per heavy atom. The number of aromatic nitrogens is 2. The Hall–Kier alpha value is -3.31. The van der Waals surface area contributed by atoms with Gasteiger partial charge in [-0.2, -0.15) is 0 Å². The molecule has 4 aromatic rings. The summed E-state index contributed by atoms with van der Waals surface area (Å²) in [5.74, 6) is 0.574. The number of rotatable bonds is 9. The normalized spacial score (nSPS) is 14.3. The van der Waals surface area contributed by atoms with Gasteiger partial charge in [0.15, 0.2) is 0 Å². The van der Waals surface area contributed by atoms with Crippen LogP contribution < -0.4 is 10.2 Å². The number of halogens is 2. The fourth-order valence-electron chi connectivity index (χ4n) is 5.25. The van der Waals surface area contributed by atoms with Crippen molar-refractivity contribution in [2.75, 3.05) is 18.0 Å². The summed E-state index contributed by atoms with van der Waals surface area (Å²) in [6, 6.07) is 19.6. The molecule has 0 radical (unpaired) electrons. The van der Waals surface area contributed by atoms with E-state index < -0.39 is 0 Å². The highest BCUT2D eigenvalue weighted by Crippen LogP contribution is 2.27. The van der Waals surface area contributed by atoms with Crippen LogP contribution in [-0.2, 0) is 19.4 Å². The summed E-state index contributed by atoms with van der Waals surface area (Å²) in [5, 5.41) is 4.17. The summed E-state index contributed by atoms with van der Waals surface area (Å²) in [5.41, 5.74) is 7.44. The highest BCUT2D eigenvalue weighted by Gasteiger charge is 2.19. The molecule has 2 aromatic carbocycles. The van der Waals surface area contributed by atoms with Crippen LogP contribution in [0.2, 0.25) is 5.02 Å². The average molecular weight is 517 g/mol. The molecule has 37 heavy (non-hydrogen) atoms. The van der Waals surface area contributed by atoms with E-state index in [4.69, 9.17) is 16.6 Å². The quantitative estimate of drug-likeness (QED) is 0.253. The third-order valence-corrected chi connectivity index (χ3v) is 7.68. The molecule has 0 atom stereocenters. The van der Waals surface area contributed by atoms with E-state index in [0.717, 1.165) is 54.6 Å². The number of benzene rings is 2. The SMILES string of the molecule is C=C(NCc1ccc(N2CCC(CCc3ccc(F)cc3)CC2)cc1)c1c(CC)nc2ccc(Cl)cn12. The number of aryl methyl sites for hydroxylation is 2. The maximum Gasteiger partial charge on any atom is 0.137 e. The Morgan fingerprint density at radius 1 is 1.03 bits per heavy atom. The summed E-state index contributed by atoms with van der Waals surface area (Å²) in [6.07, 6.45) is 7.33. The Kier molecular flexibility index (Phi) is 7.80. The van der Waals surface area contributed by atoms with Crippen LogP contribution >= 0.6 is 11.6 Å². The maximum atomic E-state index is 13.1. The summed E-state index contributed by atoms with van der Waals surface area (Å²) in [6.45, 7) is 9.26. The van der Waals surface area contributed by atoms with Crippen LogP contribution in [0, 0.1) is 11.7 Å². The molecule has 3 heterocycles. The van der Waals surface area contributed by atoms with Gasteiger partial charge in [-0.1, -0.05) is 49.4 Å². The third-order valence-electron chi connectivity index (χ3n) is 7.45. The molecule has 4 nitrogen and oxygen atoms in total. The number of hydrogen-bond acceptors (Lipinski definition) is 3. The first-order valence-corrected chi connectivity index (χ1v) is 13.6. The lowest BCUT2D eigenvalue weighted by molar-refractivity contribution is 0.382. The Morgan fingerprint density at radius 2 is 1.73 bits per heavy atom. The van der Waals surface area contributed by atoms with Gasteiger partial charge in [0.25, 0.3) is 0 Å². The van der Waals surface area contributed by atoms with Crippen molar-refractivity contribution in [1.29, 1.82) is 0 Å². The molecule has 0 aliphatic carbocycles. The molecule has 0 amide bonds. The van der Waals surface area contributed by atoms with Crippen LogP contribution in [0.5, 0.6) is 0 Å². The van der Waals surface area contributed by atoms with Crippen LogP contribution in [0.25, 0.3) is 11.3 Å². The molecular weight excluding hydrogens is 483 g/mol. The number of nitrogens with one attached hydrogen (secondary N) is 1. The summed E-state index contributed by atoms with van der Waals surface area (Å²) >= 11 is 6.24. The van der Waals surface area contributed by atoms with Crippen molar-refractivity contribution in [2.24, 2.45) is 5.92 Å². The van der Waals surface area contributed by atoms with Gasteiger partial charge in [0.1, 0.15) is 11.5 Å². The van der Waals surface area contributed by atoms with Gasteiger partial charge >= 0.3 is 0 Å². The van der Waals surface area contributed by atoms with Crippen molar-refractivity contribution in [3.05, 3.63) is 107 Å². The van der Waals surface area contributed by atoms with Crippen LogP contribution in [0.15, 0.2) is 73.4 Å². The summed E-state index contributed by atoms with van der Waals surface area (Å²) < 4.78 is 15.1. The first-order chi connectivity index (χ1) is 18.0. The van der Waals surface area contributed by atoms with Gasteiger partial charge < -0.3 is 10.2 Å². The van der Waals surface area contributed by atoms with Crippen molar-refractivity contribution in [1.82, 2.24) is 14.7 Å². The number of piperidine rings is 1. The second-order valence-corrected chi connectivity index (χ2v) is 10.4. The fourth-order valence-corrected chi connectivity index (χ4v) is 5.41. The van der Waals surface area contributed by atoms with Gasteiger partial charge in [0.05, 0.1) is 22.1 Å². The van der Waals surface area contributed by atoms with Gasteiger partial charge in [-0.05, 0) is 85.5 Å². The van der Waals surface area contributed by atoms with Gasteiger partial charge in [0, 0.05) is 31.5 Å². The number of imidazole rings is 1. The lowest BCUT2D eigenvalue weighted by Gasteiger charge is -2.33. The van der Waals surface area contributed by atoms with Crippen molar-refractivity contribution in [3.63, 3.8) is 0 Å². The molecule has 1 aliphatic heterocycles. The Bertz CT molecular complexity index is 1350. The predicted molar refractivity (Wildman–Crippen MR) is 152 cm³/mol. The van der Waals surface area contributed by atoms with Gasteiger partial charge in [-0.3, -0.25) is 4.40 Å². The first kappa shape index (κ1) is 25.3. The van der Waals surface area contributed by atoms with Crippen molar-refractivity contribution >= 4 is 28.6 Å². The van der Waals surface area contributed by atoms with Crippen molar-refractivity contribution < 1.29 is 4.39 Å². The molecule has 0 bridgehead atoms. The van der Waals surface area contributed by atoms with E-state index in [0.29, 0.717) is 11.6 Å². The standard InChI is InChI=1S/C31H34ClFN4/c1-3-29-31(37-21-26(32)10-15-30(37)35-29)22(2)34-20-25-8-13-28(14-9-25)36-18-16-24(17-19-36)5-4-23-6-11-27(33)12-7-23/h6-15,21,24,34H,2-5,16-20H2,1H3. The van der Waals surface area contributed by atoms with Crippen LogP contribution in [0.1, 0.15) is 48.7 Å². The minimum Gasteiger partial charge on any atom is -0.380 e. The van der Waals surface area contributed by atoms with Crippen LogP contribution in [-0.4, -0.2) is 22.5 Å². The monoisotopic (exact) mass is 516 g/mol. The largest absolute Gasteiger partial charge is 0.380 e. The van der Waals surface area contributed by atoms with E-state index in [9.17, 15) is 4.39 Å². The molecule has 1 fully saturated rings. The molecular formula is C31H34ClFN4.